The number of nitrogens with one attached hydrogen (secondary N) is 2. The zero-order valence-corrected chi connectivity index (χ0v) is 17.8. The van der Waals surface area contributed by atoms with Gasteiger partial charge in [-0.3, -0.25) is 9.53 Å². The highest BCUT2D eigenvalue weighted by atomic mass is 35.5. The number of piperidine rings is 1. The molecule has 2 heterocycles. The van der Waals surface area contributed by atoms with Gasteiger partial charge in [0.25, 0.3) is 5.91 Å². The van der Waals surface area contributed by atoms with Crippen molar-refractivity contribution in [1.29, 1.82) is 0 Å². The summed E-state index contributed by atoms with van der Waals surface area (Å²) in [6, 6.07) is 4.80. The van der Waals surface area contributed by atoms with E-state index in [0.29, 0.717) is 30.2 Å². The number of halogens is 4. The van der Waals surface area contributed by atoms with Crippen molar-refractivity contribution in [3.63, 3.8) is 0 Å². The minimum atomic E-state index is -4.72. The molecule has 0 spiro atoms. The maximum atomic E-state index is 12.2. The molecule has 9 nitrogen and oxygen atoms in total. The lowest BCUT2D eigenvalue weighted by Gasteiger charge is -2.28. The number of rotatable bonds is 9. The van der Waals surface area contributed by atoms with Crippen LogP contribution in [0, 0.1) is 6.92 Å². The molecule has 2 N–H and O–H groups in total. The van der Waals surface area contributed by atoms with E-state index in [1.165, 1.54) is 0 Å². The van der Waals surface area contributed by atoms with E-state index in [1.807, 2.05) is 6.92 Å². The van der Waals surface area contributed by atoms with Crippen LogP contribution in [0.25, 0.3) is 0 Å². The number of aryl methyl sites for hydroxylation is 1. The van der Waals surface area contributed by atoms with Crippen molar-refractivity contribution in [3.8, 4) is 11.8 Å². The molecule has 1 fully saturated rings. The van der Waals surface area contributed by atoms with E-state index in [1.54, 1.807) is 18.2 Å². The third-order valence-corrected chi connectivity index (χ3v) is 5.00. The molecule has 0 aliphatic carbocycles. The molecule has 0 unspecified atom stereocenters. The summed E-state index contributed by atoms with van der Waals surface area (Å²) < 4.78 is 55.1. The largest absolute Gasteiger partial charge is 0.522 e. The highest BCUT2D eigenvalue weighted by Gasteiger charge is 2.29. The van der Waals surface area contributed by atoms with E-state index >= 15 is 0 Å². The molecule has 0 radical (unpaired) electrons. The second-order valence-electron chi connectivity index (χ2n) is 7.05. The molecule has 32 heavy (non-hydrogen) atoms. The summed E-state index contributed by atoms with van der Waals surface area (Å²) in [5.41, 5.74) is 0.858. The Hall–Kier alpha value is -2.57. The molecule has 176 valence electrons. The zero-order chi connectivity index (χ0) is 23.1. The third-order valence-electron chi connectivity index (χ3n) is 4.57. The lowest BCUT2D eigenvalue weighted by Crippen LogP contribution is -2.48. The number of carbonyl (C=O) groups excluding carboxylic acids is 1. The summed E-state index contributed by atoms with van der Waals surface area (Å²) in [4.78, 5) is 12.2. The Morgan fingerprint density at radius 2 is 2.09 bits per heavy atom. The smallest absolute Gasteiger partial charge is 0.484 e. The molecule has 3 rings (SSSR count). The van der Waals surface area contributed by atoms with Crippen molar-refractivity contribution in [1.82, 2.24) is 20.8 Å². The predicted octanol–water partition coefficient (Wildman–Crippen LogP) is 2.93. The molecule has 0 bridgehead atoms. The number of hydrogen-bond donors (Lipinski definition) is 2. The molecule has 13 heteroatoms. The predicted molar refractivity (Wildman–Crippen MR) is 105 cm³/mol. The van der Waals surface area contributed by atoms with Crippen molar-refractivity contribution in [2.45, 2.75) is 38.2 Å². The van der Waals surface area contributed by atoms with Crippen LogP contribution in [-0.2, 0) is 9.53 Å². The highest BCUT2D eigenvalue weighted by Crippen LogP contribution is 2.24. The van der Waals surface area contributed by atoms with Gasteiger partial charge in [-0.25, -0.2) is 0 Å². The zero-order valence-electron chi connectivity index (χ0n) is 17.1. The summed E-state index contributed by atoms with van der Waals surface area (Å²) in [5, 5.41) is 14.2. The van der Waals surface area contributed by atoms with Crippen molar-refractivity contribution < 1.29 is 36.6 Å². The fraction of sp³-hybridized carbons (Fsp3) is 0.526. The number of ether oxygens (including phenoxy) is 3. The van der Waals surface area contributed by atoms with Crippen molar-refractivity contribution in [3.05, 3.63) is 34.7 Å². The fourth-order valence-corrected chi connectivity index (χ4v) is 3.14. The molecule has 1 aromatic carbocycles. The van der Waals surface area contributed by atoms with E-state index in [4.69, 9.17) is 25.5 Å². The molecule has 2 aromatic rings. The molecular formula is C19H22ClF3N4O5. The van der Waals surface area contributed by atoms with E-state index in [2.05, 4.69) is 25.6 Å². The molecule has 2 atom stereocenters. The standard InChI is InChI=1S/C19H22ClF3N4O5/c1-11-8-13(3-4-14(11)20)30-10-16(28)25-12-2-5-15(24-9-12)17-26-27-18(32-17)29-6-7-31-19(21,22)23/h3-4,8,12,15,24H,2,5-7,9-10H2,1H3,(H,25,28)/t12-,15+/m0/s1. The third kappa shape index (κ3) is 7.53. The first-order chi connectivity index (χ1) is 15.2. The number of aromatic nitrogens is 2. The van der Waals surface area contributed by atoms with Crippen molar-refractivity contribution in [2.24, 2.45) is 0 Å². The Morgan fingerprint density at radius 1 is 1.28 bits per heavy atom. The second-order valence-corrected chi connectivity index (χ2v) is 7.46. The average Bonchev–Trinajstić information content (AvgIpc) is 3.21. The molecule has 1 saturated heterocycles. The van der Waals surface area contributed by atoms with Gasteiger partial charge in [-0.1, -0.05) is 16.7 Å². The van der Waals surface area contributed by atoms with E-state index < -0.39 is 13.0 Å². The number of hydrogen-bond acceptors (Lipinski definition) is 8. The lowest BCUT2D eigenvalue weighted by molar-refractivity contribution is -0.325. The van der Waals surface area contributed by atoms with Gasteiger partial charge in [0, 0.05) is 17.6 Å². The summed E-state index contributed by atoms with van der Waals surface area (Å²) in [7, 11) is 0. The van der Waals surface area contributed by atoms with Crippen LogP contribution in [-0.4, -0.2) is 54.9 Å². The molecule has 1 aliphatic heterocycles. The molecule has 1 aromatic heterocycles. The van der Waals surface area contributed by atoms with Crippen molar-refractivity contribution >= 4 is 17.5 Å². The van der Waals surface area contributed by atoms with Crippen molar-refractivity contribution in [2.75, 3.05) is 26.4 Å². The Bertz CT molecular complexity index is 903. The number of benzene rings is 1. The number of nitrogens with zero attached hydrogens (tertiary/aromatic N) is 2. The molecule has 0 saturated carbocycles. The van der Waals surface area contributed by atoms with Crippen LogP contribution in [0.1, 0.15) is 30.3 Å². The van der Waals surface area contributed by atoms with Crippen LogP contribution in [0.15, 0.2) is 22.6 Å². The van der Waals surface area contributed by atoms with Gasteiger partial charge in [-0.15, -0.1) is 18.3 Å². The van der Waals surface area contributed by atoms with Gasteiger partial charge in [-0.05, 0) is 43.5 Å². The lowest BCUT2D eigenvalue weighted by atomic mass is 10.0. The maximum absolute atomic E-state index is 12.2. The van der Waals surface area contributed by atoms with Gasteiger partial charge >= 0.3 is 12.4 Å². The summed E-state index contributed by atoms with van der Waals surface area (Å²) in [6.45, 7) is 1.12. The Balaban J connectivity index is 1.36. The summed E-state index contributed by atoms with van der Waals surface area (Å²) in [5.74, 6) is 0.559. The second kappa shape index (κ2) is 10.8. The van der Waals surface area contributed by atoms with E-state index in [9.17, 15) is 18.0 Å². The first-order valence-electron chi connectivity index (χ1n) is 9.78. The number of carbonyl (C=O) groups is 1. The van der Waals surface area contributed by atoms with E-state index in [-0.39, 0.29) is 43.2 Å². The summed E-state index contributed by atoms with van der Waals surface area (Å²) in [6.07, 6.45) is -3.71. The van der Waals surface area contributed by atoms with Crippen LogP contribution in [0.2, 0.25) is 5.02 Å². The Morgan fingerprint density at radius 3 is 2.78 bits per heavy atom. The normalized spacial score (nSPS) is 18.9. The van der Waals surface area contributed by atoms with Crippen LogP contribution >= 0.6 is 11.6 Å². The quantitative estimate of drug-likeness (QED) is 0.530. The number of amides is 1. The van der Waals surface area contributed by atoms with Gasteiger partial charge in [0.05, 0.1) is 12.6 Å². The van der Waals surface area contributed by atoms with Crippen LogP contribution < -0.4 is 20.1 Å². The minimum Gasteiger partial charge on any atom is -0.484 e. The average molecular weight is 479 g/mol. The minimum absolute atomic E-state index is 0.104. The number of alkyl halides is 3. The maximum Gasteiger partial charge on any atom is 0.522 e. The van der Waals surface area contributed by atoms with Gasteiger partial charge < -0.3 is 24.5 Å². The highest BCUT2D eigenvalue weighted by molar-refractivity contribution is 6.31. The molecular weight excluding hydrogens is 457 g/mol. The molecule has 1 aliphatic rings. The van der Waals surface area contributed by atoms with Gasteiger partial charge in [0.1, 0.15) is 12.4 Å². The fourth-order valence-electron chi connectivity index (χ4n) is 3.02. The monoisotopic (exact) mass is 478 g/mol. The SMILES string of the molecule is Cc1cc(OCC(=O)N[C@H]2CC[C@H](c3nnc(OCCOC(F)(F)F)o3)NC2)ccc1Cl. The Kier molecular flexibility index (Phi) is 8.15. The molecule has 1 amide bonds. The topological polar surface area (TPSA) is 108 Å². The van der Waals surface area contributed by atoms with Gasteiger partial charge in [0.15, 0.2) is 6.61 Å². The van der Waals surface area contributed by atoms with Crippen LogP contribution in [0.5, 0.6) is 11.8 Å². The first-order valence-corrected chi connectivity index (χ1v) is 10.2. The van der Waals surface area contributed by atoms with Crippen LogP contribution in [0.3, 0.4) is 0 Å². The van der Waals surface area contributed by atoms with Gasteiger partial charge in [-0.2, -0.15) is 0 Å². The van der Waals surface area contributed by atoms with Gasteiger partial charge in [0.2, 0.25) is 5.89 Å². The van der Waals surface area contributed by atoms with Crippen LogP contribution in [0.4, 0.5) is 13.2 Å². The van der Waals surface area contributed by atoms with E-state index in [0.717, 1.165) is 5.56 Å². The Labute approximate surface area is 186 Å². The first kappa shape index (κ1) is 24.1. The summed E-state index contributed by atoms with van der Waals surface area (Å²) >= 11 is 5.97.